The van der Waals surface area contributed by atoms with Gasteiger partial charge in [-0.1, -0.05) is 15.9 Å². The van der Waals surface area contributed by atoms with E-state index in [4.69, 9.17) is 0 Å². The molecule has 0 aromatic carbocycles. The minimum Gasteiger partial charge on any atom is -0.307 e. The molecular formula is C8H12BrNS. The van der Waals surface area contributed by atoms with Crippen molar-refractivity contribution in [3.05, 3.63) is 21.9 Å². The lowest BCUT2D eigenvalue weighted by Gasteiger charge is -1.99. The maximum absolute atomic E-state index is 3.32. The Morgan fingerprint density at radius 1 is 1.64 bits per heavy atom. The first-order valence-electron chi connectivity index (χ1n) is 3.64. The summed E-state index contributed by atoms with van der Waals surface area (Å²) in [4.78, 5) is 1.50. The normalized spacial score (nSPS) is 10.4. The number of thiophene rings is 1. The first-order chi connectivity index (χ1) is 5.34. The summed E-state index contributed by atoms with van der Waals surface area (Å²) in [5.74, 6) is 0. The van der Waals surface area contributed by atoms with Crippen molar-refractivity contribution < 1.29 is 0 Å². The molecule has 0 amide bonds. The predicted molar refractivity (Wildman–Crippen MR) is 54.6 cm³/mol. The summed E-state index contributed by atoms with van der Waals surface area (Å²) >= 11 is 5.17. The van der Waals surface area contributed by atoms with E-state index in [-0.39, 0.29) is 0 Å². The van der Waals surface area contributed by atoms with Crippen molar-refractivity contribution >= 4 is 27.3 Å². The fourth-order valence-electron chi connectivity index (χ4n) is 0.929. The summed E-state index contributed by atoms with van der Waals surface area (Å²) in [7, 11) is 0. The quantitative estimate of drug-likeness (QED) is 0.479. The lowest BCUT2D eigenvalue weighted by Crippen LogP contribution is -2.14. The third-order valence-electron chi connectivity index (χ3n) is 1.59. The highest BCUT2D eigenvalue weighted by atomic mass is 79.9. The Morgan fingerprint density at radius 3 is 3.00 bits per heavy atom. The highest BCUT2D eigenvalue weighted by Crippen LogP contribution is 2.15. The molecule has 1 nitrogen and oxygen atoms in total. The van der Waals surface area contributed by atoms with E-state index in [0.717, 1.165) is 18.4 Å². The predicted octanol–water partition coefficient (Wildman–Crippen LogP) is 2.54. The fourth-order valence-corrected chi connectivity index (χ4v) is 2.12. The van der Waals surface area contributed by atoms with Crippen LogP contribution in [0.2, 0.25) is 0 Å². The van der Waals surface area contributed by atoms with Gasteiger partial charge in [0.15, 0.2) is 0 Å². The molecule has 1 aromatic rings. The van der Waals surface area contributed by atoms with Crippen LogP contribution in [0.5, 0.6) is 0 Å². The molecular weight excluding hydrogens is 222 g/mol. The van der Waals surface area contributed by atoms with Crippen LogP contribution in [0.4, 0.5) is 0 Å². The summed E-state index contributed by atoms with van der Waals surface area (Å²) in [6.45, 7) is 3.23. The number of rotatable bonds is 4. The first kappa shape index (κ1) is 9.23. The van der Waals surface area contributed by atoms with Crippen molar-refractivity contribution in [3.63, 3.8) is 0 Å². The summed E-state index contributed by atoms with van der Waals surface area (Å²) < 4.78 is 0. The molecule has 3 heteroatoms. The van der Waals surface area contributed by atoms with Crippen LogP contribution in [0.1, 0.15) is 10.4 Å². The van der Waals surface area contributed by atoms with Crippen molar-refractivity contribution in [1.82, 2.24) is 5.32 Å². The molecule has 0 radical (unpaired) electrons. The fraction of sp³-hybridized carbons (Fsp3) is 0.500. The smallest absolute Gasteiger partial charge is 0.0517 e. The molecule has 0 atom stereocenters. The zero-order valence-corrected chi connectivity index (χ0v) is 8.96. The SMILES string of the molecule is Cc1ccsc1CCNCBr. The average molecular weight is 234 g/mol. The lowest BCUT2D eigenvalue weighted by atomic mass is 10.2. The number of aryl methyl sites for hydroxylation is 1. The van der Waals surface area contributed by atoms with Gasteiger partial charge in [0.05, 0.1) is 5.45 Å². The summed E-state index contributed by atoms with van der Waals surface area (Å²) in [5, 5.41) is 5.39. The van der Waals surface area contributed by atoms with Crippen molar-refractivity contribution in [2.24, 2.45) is 0 Å². The Labute approximate surface area is 79.9 Å². The minimum absolute atomic E-state index is 0.886. The number of nitrogens with one attached hydrogen (secondary N) is 1. The Balaban J connectivity index is 2.32. The molecule has 0 saturated heterocycles. The van der Waals surface area contributed by atoms with E-state index in [0.29, 0.717) is 0 Å². The maximum Gasteiger partial charge on any atom is 0.0517 e. The van der Waals surface area contributed by atoms with Crippen LogP contribution in [0, 0.1) is 6.92 Å². The van der Waals surface area contributed by atoms with Crippen molar-refractivity contribution in [2.75, 3.05) is 12.0 Å². The third kappa shape index (κ3) is 2.93. The molecule has 0 saturated carbocycles. The van der Waals surface area contributed by atoms with E-state index in [1.54, 1.807) is 0 Å². The van der Waals surface area contributed by atoms with Gasteiger partial charge in [-0.2, -0.15) is 0 Å². The molecule has 0 unspecified atom stereocenters. The van der Waals surface area contributed by atoms with Crippen LogP contribution in [-0.2, 0) is 6.42 Å². The Morgan fingerprint density at radius 2 is 2.45 bits per heavy atom. The van der Waals surface area contributed by atoms with Crippen LogP contribution in [-0.4, -0.2) is 12.0 Å². The molecule has 1 N–H and O–H groups in total. The third-order valence-corrected chi connectivity index (χ3v) is 3.07. The highest BCUT2D eigenvalue weighted by Gasteiger charge is 1.97. The molecule has 1 heterocycles. The number of hydrogen-bond donors (Lipinski definition) is 1. The van der Waals surface area contributed by atoms with E-state index >= 15 is 0 Å². The second-order valence-corrected chi connectivity index (χ2v) is 3.97. The van der Waals surface area contributed by atoms with E-state index in [1.165, 1.54) is 10.4 Å². The highest BCUT2D eigenvalue weighted by molar-refractivity contribution is 9.09. The van der Waals surface area contributed by atoms with Gasteiger partial charge in [0.25, 0.3) is 0 Å². The summed E-state index contributed by atoms with van der Waals surface area (Å²) in [6, 6.07) is 2.17. The van der Waals surface area contributed by atoms with E-state index in [9.17, 15) is 0 Å². The molecule has 0 aliphatic carbocycles. The molecule has 0 fully saturated rings. The largest absolute Gasteiger partial charge is 0.307 e. The van der Waals surface area contributed by atoms with Gasteiger partial charge < -0.3 is 5.32 Å². The van der Waals surface area contributed by atoms with Gasteiger partial charge in [-0.15, -0.1) is 11.3 Å². The van der Waals surface area contributed by atoms with E-state index < -0.39 is 0 Å². The number of halogens is 1. The van der Waals surface area contributed by atoms with Crippen LogP contribution in [0.3, 0.4) is 0 Å². The van der Waals surface area contributed by atoms with E-state index in [1.807, 2.05) is 11.3 Å². The standard InChI is InChI=1S/C8H12BrNS/c1-7-3-5-11-8(7)2-4-10-6-9/h3,5,10H,2,4,6H2,1H3. The summed E-state index contributed by atoms with van der Waals surface area (Å²) in [6.07, 6.45) is 1.15. The molecule has 0 aliphatic rings. The zero-order chi connectivity index (χ0) is 8.10. The molecule has 0 spiro atoms. The van der Waals surface area contributed by atoms with Gasteiger partial charge in [0, 0.05) is 11.4 Å². The van der Waals surface area contributed by atoms with Gasteiger partial charge in [-0.3, -0.25) is 0 Å². The molecule has 62 valence electrons. The van der Waals surface area contributed by atoms with Crippen LogP contribution in [0.25, 0.3) is 0 Å². The molecule has 0 bridgehead atoms. The van der Waals surface area contributed by atoms with Crippen LogP contribution in [0.15, 0.2) is 11.4 Å². The van der Waals surface area contributed by atoms with Gasteiger partial charge in [0.1, 0.15) is 0 Å². The van der Waals surface area contributed by atoms with Crippen molar-refractivity contribution in [2.45, 2.75) is 13.3 Å². The van der Waals surface area contributed by atoms with Gasteiger partial charge >= 0.3 is 0 Å². The topological polar surface area (TPSA) is 12.0 Å². The Hall–Kier alpha value is 0.140. The second kappa shape index (κ2) is 4.91. The minimum atomic E-state index is 0.886. The monoisotopic (exact) mass is 233 g/mol. The van der Waals surface area contributed by atoms with Crippen molar-refractivity contribution in [1.29, 1.82) is 0 Å². The molecule has 0 aliphatic heterocycles. The van der Waals surface area contributed by atoms with Gasteiger partial charge in [-0.05, 0) is 30.4 Å². The molecule has 1 aromatic heterocycles. The maximum atomic E-state index is 3.32. The first-order valence-corrected chi connectivity index (χ1v) is 5.64. The average Bonchev–Trinajstić information content (AvgIpc) is 2.37. The van der Waals surface area contributed by atoms with Crippen LogP contribution < -0.4 is 5.32 Å². The Kier molecular flexibility index (Phi) is 4.12. The van der Waals surface area contributed by atoms with Crippen LogP contribution >= 0.6 is 27.3 Å². The number of alkyl halides is 1. The van der Waals surface area contributed by atoms with Crippen molar-refractivity contribution in [3.8, 4) is 0 Å². The molecule has 1 rings (SSSR count). The second-order valence-electron chi connectivity index (χ2n) is 2.41. The van der Waals surface area contributed by atoms with Gasteiger partial charge in [0.2, 0.25) is 0 Å². The van der Waals surface area contributed by atoms with E-state index in [2.05, 4.69) is 39.6 Å². The summed E-state index contributed by atoms with van der Waals surface area (Å²) in [5.41, 5.74) is 2.31. The molecule has 11 heavy (non-hydrogen) atoms. The zero-order valence-electron chi connectivity index (χ0n) is 6.56. The number of hydrogen-bond acceptors (Lipinski definition) is 2. The van der Waals surface area contributed by atoms with Gasteiger partial charge in [-0.25, -0.2) is 0 Å². The lowest BCUT2D eigenvalue weighted by molar-refractivity contribution is 0.784. The Bertz CT molecular complexity index is 210.